The van der Waals surface area contributed by atoms with Crippen LogP contribution in [0.1, 0.15) is 64.6 Å². The highest BCUT2D eigenvalue weighted by Gasteiger charge is 2.51. The molecule has 4 aromatic carbocycles. The molecule has 0 amide bonds. The van der Waals surface area contributed by atoms with Gasteiger partial charge in [0.1, 0.15) is 5.82 Å². The number of halogens is 1. The number of carbonyl (C=O) groups is 1. The van der Waals surface area contributed by atoms with Gasteiger partial charge in [0.2, 0.25) is 0 Å². The van der Waals surface area contributed by atoms with E-state index in [0.717, 1.165) is 38.6 Å². The van der Waals surface area contributed by atoms with Crippen molar-refractivity contribution >= 4 is 32.7 Å². The first kappa shape index (κ1) is 38.1. The van der Waals surface area contributed by atoms with Crippen molar-refractivity contribution < 1.29 is 27.8 Å². The predicted octanol–water partition coefficient (Wildman–Crippen LogP) is 8.65. The number of benzene rings is 4. The molecule has 0 saturated carbocycles. The highest BCUT2D eigenvalue weighted by atomic mass is 31.1. The van der Waals surface area contributed by atoms with Crippen LogP contribution in [-0.2, 0) is 24.7 Å². The molecule has 1 aromatic heterocycles. The van der Waals surface area contributed by atoms with E-state index in [-0.39, 0.29) is 36.0 Å². The summed E-state index contributed by atoms with van der Waals surface area (Å²) < 4.78 is 42.4. The fourth-order valence-electron chi connectivity index (χ4n) is 6.88. The van der Waals surface area contributed by atoms with Crippen molar-refractivity contribution in [1.82, 2.24) is 9.78 Å². The molecule has 0 saturated heterocycles. The van der Waals surface area contributed by atoms with E-state index in [1.54, 1.807) is 12.1 Å². The number of para-hydroxylation sites is 1. The Morgan fingerprint density at radius 3 is 1.94 bits per heavy atom. The second-order valence-corrected chi connectivity index (χ2v) is 19.8. The van der Waals surface area contributed by atoms with Crippen molar-refractivity contribution in [2.75, 3.05) is 12.8 Å². The molecule has 0 aliphatic rings. The molecular weight excluding hydrogens is 679 g/mol. The molecule has 1 heterocycles. The molecule has 5 aromatic rings. The normalized spacial score (nSPS) is 13.3. The summed E-state index contributed by atoms with van der Waals surface area (Å²) in [5.74, 6) is -1.19. The van der Waals surface area contributed by atoms with Gasteiger partial charge in [-0.15, -0.1) is 0 Å². The van der Waals surface area contributed by atoms with Crippen LogP contribution in [0.2, 0.25) is 5.04 Å². The lowest BCUT2D eigenvalue weighted by atomic mass is 9.96. The van der Waals surface area contributed by atoms with Crippen molar-refractivity contribution in [1.29, 1.82) is 0 Å². The summed E-state index contributed by atoms with van der Waals surface area (Å²) >= 11 is 0. The van der Waals surface area contributed by atoms with Gasteiger partial charge in [-0.25, -0.2) is 9.07 Å². The summed E-state index contributed by atoms with van der Waals surface area (Å²) in [5, 5.41) is 16.6. The second-order valence-electron chi connectivity index (χ2n) is 14.2. The highest BCUT2D eigenvalue weighted by molar-refractivity contribution is 7.39. The van der Waals surface area contributed by atoms with Gasteiger partial charge in [0.25, 0.3) is 8.32 Å². The third-order valence-electron chi connectivity index (χ3n) is 9.08. The monoisotopic (exact) mass is 726 g/mol. The molecule has 2 atom stereocenters. The lowest BCUT2D eigenvalue weighted by Gasteiger charge is -2.45. The van der Waals surface area contributed by atoms with Gasteiger partial charge < -0.3 is 14.1 Å². The van der Waals surface area contributed by atoms with Crippen LogP contribution in [-0.4, -0.2) is 48.0 Å². The van der Waals surface area contributed by atoms with Crippen LogP contribution in [0.4, 0.5) is 4.39 Å². The number of rotatable bonds is 16. The lowest BCUT2D eigenvalue weighted by molar-refractivity contribution is -0.138. The largest absolute Gasteiger partial charge is 0.481 e. The molecule has 0 aliphatic carbocycles. The Hall–Kier alpha value is -4.14. The van der Waals surface area contributed by atoms with Gasteiger partial charge in [0.15, 0.2) is 8.03 Å². The molecule has 0 bridgehead atoms. The highest BCUT2D eigenvalue weighted by Crippen LogP contribution is 2.39. The number of aromatic nitrogens is 2. The van der Waals surface area contributed by atoms with Crippen LogP contribution >= 0.6 is 8.03 Å². The first-order valence-electron chi connectivity index (χ1n) is 17.5. The fourth-order valence-corrected chi connectivity index (χ4v) is 12.8. The Morgan fingerprint density at radius 2 is 1.43 bits per heavy atom. The minimum Gasteiger partial charge on any atom is -0.481 e. The Bertz CT molecular complexity index is 1860. The van der Waals surface area contributed by atoms with E-state index in [2.05, 4.69) is 34.6 Å². The second kappa shape index (κ2) is 16.9. The SMILES string of the molecule is CC(C)c1c(CCCO[PH](=O)CC(CC(=O)O)O[Si](c2ccccc2)(c2ccccc2)C(C)(C)C)c(-c2ccc(F)cc2)nn1-c1ccccc1. The number of hydrogen-bond donors (Lipinski definition) is 1. The van der Waals surface area contributed by atoms with Gasteiger partial charge in [-0.2, -0.15) is 5.10 Å². The van der Waals surface area contributed by atoms with Crippen LogP contribution in [0.15, 0.2) is 115 Å². The van der Waals surface area contributed by atoms with Gasteiger partial charge in [0.05, 0.1) is 36.2 Å². The number of carboxylic acids is 1. The van der Waals surface area contributed by atoms with E-state index in [1.807, 2.05) is 95.7 Å². The zero-order valence-electron chi connectivity index (χ0n) is 30.0. The van der Waals surface area contributed by atoms with Gasteiger partial charge in [-0.05, 0) is 70.6 Å². The third kappa shape index (κ3) is 9.03. The van der Waals surface area contributed by atoms with E-state index in [4.69, 9.17) is 14.0 Å². The summed E-state index contributed by atoms with van der Waals surface area (Å²) in [4.78, 5) is 12.2. The average molecular weight is 727 g/mol. The number of nitrogens with zero attached hydrogens (tertiary/aromatic N) is 2. The predicted molar refractivity (Wildman–Crippen MR) is 206 cm³/mol. The molecule has 2 unspecified atom stereocenters. The van der Waals surface area contributed by atoms with Gasteiger partial charge >= 0.3 is 5.97 Å². The average Bonchev–Trinajstić information content (AvgIpc) is 3.49. The van der Waals surface area contributed by atoms with Crippen molar-refractivity contribution in [2.45, 2.75) is 70.9 Å². The summed E-state index contributed by atoms with van der Waals surface area (Å²) in [5.41, 5.74) is 4.60. The van der Waals surface area contributed by atoms with Crippen LogP contribution in [0.5, 0.6) is 0 Å². The number of aliphatic carboxylic acids is 1. The number of hydrogen-bond acceptors (Lipinski definition) is 5. The van der Waals surface area contributed by atoms with Crippen molar-refractivity contribution in [3.05, 3.63) is 132 Å². The Labute approximate surface area is 302 Å². The Kier molecular flexibility index (Phi) is 12.6. The summed E-state index contributed by atoms with van der Waals surface area (Å²) in [6.07, 6.45) is 0.0400. The fraction of sp³-hybridized carbons (Fsp3) is 0.317. The summed E-state index contributed by atoms with van der Waals surface area (Å²) in [6.45, 7) is 10.8. The van der Waals surface area contributed by atoms with E-state index in [1.165, 1.54) is 12.1 Å². The van der Waals surface area contributed by atoms with E-state index in [9.17, 15) is 18.9 Å². The zero-order chi connectivity index (χ0) is 36.6. The van der Waals surface area contributed by atoms with E-state index >= 15 is 0 Å². The van der Waals surface area contributed by atoms with Gasteiger partial charge in [-0.1, -0.05) is 113 Å². The smallest absolute Gasteiger partial charge is 0.305 e. The molecule has 7 nitrogen and oxygen atoms in total. The minimum absolute atomic E-state index is 0.00846. The standard InChI is InChI=1S/C41H48FN2O5PSi/c1-30(2)40-37(39(31-23-25-32(42)26-24-31)43-44(40)33-16-9-6-10-17-33)22-15-27-48-50(47)29-34(28-38(45)46)49-51(41(3,4)5,35-18-11-7-12-19-35)36-20-13-8-14-21-36/h6-14,16-21,23-26,30,34,50H,15,22,27-29H2,1-5H3,(H,45,46). The zero-order valence-corrected chi connectivity index (χ0v) is 32.0. The van der Waals surface area contributed by atoms with Crippen molar-refractivity contribution in [2.24, 2.45) is 0 Å². The molecule has 51 heavy (non-hydrogen) atoms. The maximum absolute atomic E-state index is 13.9. The Morgan fingerprint density at radius 1 is 0.882 bits per heavy atom. The molecule has 10 heteroatoms. The van der Waals surface area contributed by atoms with Gasteiger partial charge in [-0.3, -0.25) is 9.36 Å². The topological polar surface area (TPSA) is 90.7 Å². The first-order valence-corrected chi connectivity index (χ1v) is 20.9. The van der Waals surface area contributed by atoms with E-state index < -0.39 is 28.4 Å². The molecular formula is C41H48FN2O5PSi. The van der Waals surface area contributed by atoms with Crippen LogP contribution in [0.3, 0.4) is 0 Å². The van der Waals surface area contributed by atoms with Gasteiger partial charge in [0, 0.05) is 17.3 Å². The minimum atomic E-state index is -3.09. The quantitative estimate of drug-likeness (QED) is 0.0622. The first-order chi connectivity index (χ1) is 24.4. The maximum atomic E-state index is 13.9. The molecule has 0 radical (unpaired) electrons. The summed E-state index contributed by atoms with van der Waals surface area (Å²) in [7, 11) is -5.76. The molecule has 0 fully saturated rings. The molecule has 268 valence electrons. The number of carboxylic acid groups (broad SMARTS) is 1. The van der Waals surface area contributed by atoms with E-state index in [0.29, 0.717) is 12.8 Å². The Balaban J connectivity index is 1.36. The summed E-state index contributed by atoms with van der Waals surface area (Å²) in [6, 6.07) is 36.3. The van der Waals surface area contributed by atoms with Crippen LogP contribution < -0.4 is 10.4 Å². The van der Waals surface area contributed by atoms with Crippen molar-refractivity contribution in [3.8, 4) is 16.9 Å². The van der Waals surface area contributed by atoms with Crippen LogP contribution in [0, 0.1) is 5.82 Å². The molecule has 5 rings (SSSR count). The van der Waals surface area contributed by atoms with Crippen LogP contribution in [0.25, 0.3) is 16.9 Å². The third-order valence-corrected chi connectivity index (χ3v) is 15.5. The lowest BCUT2D eigenvalue weighted by Crippen LogP contribution is -2.68. The maximum Gasteiger partial charge on any atom is 0.305 e. The molecule has 0 spiro atoms. The molecule has 1 N–H and O–H groups in total. The molecule has 0 aliphatic heterocycles. The van der Waals surface area contributed by atoms with Crippen molar-refractivity contribution in [3.63, 3.8) is 0 Å².